The third-order valence-corrected chi connectivity index (χ3v) is 2.98. The number of carboxylic acids is 1. The van der Waals surface area contributed by atoms with Crippen LogP contribution in [0.5, 0.6) is 0 Å². The lowest BCUT2D eigenvalue weighted by atomic mass is 10.1. The van der Waals surface area contributed by atoms with Crippen molar-refractivity contribution >= 4 is 5.97 Å². The lowest BCUT2D eigenvalue weighted by Gasteiger charge is -2.19. The van der Waals surface area contributed by atoms with Crippen LogP contribution >= 0.6 is 0 Å². The maximum Gasteiger partial charge on any atom is 0.335 e. The van der Waals surface area contributed by atoms with Crippen molar-refractivity contribution in [1.82, 2.24) is 0 Å². The van der Waals surface area contributed by atoms with E-state index in [9.17, 15) is 4.79 Å². The van der Waals surface area contributed by atoms with Crippen LogP contribution in [0.25, 0.3) is 0 Å². The normalized spacial score (nSPS) is 11.7. The maximum absolute atomic E-state index is 10.8. The summed E-state index contributed by atoms with van der Waals surface area (Å²) >= 11 is 0. The molecule has 0 heterocycles. The van der Waals surface area contributed by atoms with E-state index in [2.05, 4.69) is 6.92 Å². The molecule has 0 aliphatic carbocycles. The fraction of sp³-hybridized carbons (Fsp3) is 0.929. The molecule has 0 atom stereocenters. The first kappa shape index (κ1) is 16.4. The van der Waals surface area contributed by atoms with E-state index < -0.39 is 11.6 Å². The zero-order valence-electron chi connectivity index (χ0n) is 11.6. The number of rotatable bonds is 11. The number of hydrogen-bond donors (Lipinski definition) is 1. The zero-order valence-corrected chi connectivity index (χ0v) is 11.6. The summed E-state index contributed by atoms with van der Waals surface area (Å²) in [4.78, 5) is 10.8. The molecule has 0 aromatic carbocycles. The molecule has 1 N–H and O–H groups in total. The number of ether oxygens (including phenoxy) is 1. The third-order valence-electron chi connectivity index (χ3n) is 2.98. The summed E-state index contributed by atoms with van der Waals surface area (Å²) in [5.41, 5.74) is -1.04. The SMILES string of the molecule is CCCCCCCCCCOC(C)(C)C(=O)O. The van der Waals surface area contributed by atoms with Crippen molar-refractivity contribution in [1.29, 1.82) is 0 Å². The van der Waals surface area contributed by atoms with Gasteiger partial charge in [-0.1, -0.05) is 51.9 Å². The van der Waals surface area contributed by atoms with Gasteiger partial charge in [-0.25, -0.2) is 4.79 Å². The second kappa shape index (κ2) is 9.46. The molecule has 0 amide bonds. The fourth-order valence-electron chi connectivity index (χ4n) is 1.63. The molecule has 0 aromatic heterocycles. The Labute approximate surface area is 106 Å². The molecule has 0 saturated carbocycles. The predicted molar refractivity (Wildman–Crippen MR) is 70.3 cm³/mol. The maximum atomic E-state index is 10.8. The first-order valence-corrected chi connectivity index (χ1v) is 6.88. The van der Waals surface area contributed by atoms with Crippen molar-refractivity contribution in [3.8, 4) is 0 Å². The minimum absolute atomic E-state index is 0.550. The van der Waals surface area contributed by atoms with Crippen LogP contribution in [0.15, 0.2) is 0 Å². The number of carboxylic acid groups (broad SMARTS) is 1. The lowest BCUT2D eigenvalue weighted by molar-refractivity contribution is -0.161. The van der Waals surface area contributed by atoms with E-state index in [0.717, 1.165) is 12.8 Å². The topological polar surface area (TPSA) is 46.5 Å². The van der Waals surface area contributed by atoms with Gasteiger partial charge in [-0.3, -0.25) is 0 Å². The minimum atomic E-state index is -1.04. The molecule has 0 aliphatic rings. The van der Waals surface area contributed by atoms with Crippen LogP contribution in [-0.4, -0.2) is 23.3 Å². The summed E-state index contributed by atoms with van der Waals surface area (Å²) in [6.45, 7) is 5.97. The molecule has 0 aromatic rings. The summed E-state index contributed by atoms with van der Waals surface area (Å²) in [5, 5.41) is 8.84. The highest BCUT2D eigenvalue weighted by molar-refractivity contribution is 5.76. The summed E-state index contributed by atoms with van der Waals surface area (Å²) in [6.07, 6.45) is 9.94. The molecule has 0 unspecified atom stereocenters. The second-order valence-electron chi connectivity index (χ2n) is 5.14. The fourth-order valence-corrected chi connectivity index (χ4v) is 1.63. The van der Waals surface area contributed by atoms with Crippen molar-refractivity contribution in [3.63, 3.8) is 0 Å². The van der Waals surface area contributed by atoms with Gasteiger partial charge in [0.2, 0.25) is 0 Å². The average molecular weight is 244 g/mol. The van der Waals surface area contributed by atoms with Crippen LogP contribution < -0.4 is 0 Å². The molecule has 0 rings (SSSR count). The molecule has 0 radical (unpaired) electrons. The van der Waals surface area contributed by atoms with Crippen molar-refractivity contribution in [2.75, 3.05) is 6.61 Å². The van der Waals surface area contributed by atoms with Crippen molar-refractivity contribution in [2.45, 2.75) is 77.7 Å². The van der Waals surface area contributed by atoms with Gasteiger partial charge < -0.3 is 9.84 Å². The summed E-state index contributed by atoms with van der Waals surface area (Å²) in [5.74, 6) is -0.892. The Morgan fingerprint density at radius 2 is 1.47 bits per heavy atom. The highest BCUT2D eigenvalue weighted by Crippen LogP contribution is 2.12. The number of aliphatic carboxylic acids is 1. The number of hydrogen-bond acceptors (Lipinski definition) is 2. The Hall–Kier alpha value is -0.570. The highest BCUT2D eigenvalue weighted by atomic mass is 16.5. The third kappa shape index (κ3) is 9.16. The summed E-state index contributed by atoms with van der Waals surface area (Å²) in [7, 11) is 0. The van der Waals surface area contributed by atoms with E-state index in [1.165, 1.54) is 38.5 Å². The quantitative estimate of drug-likeness (QED) is 0.559. The number of unbranched alkanes of at least 4 members (excludes halogenated alkanes) is 7. The smallest absolute Gasteiger partial charge is 0.335 e. The molecular weight excluding hydrogens is 216 g/mol. The molecule has 3 nitrogen and oxygen atoms in total. The van der Waals surface area contributed by atoms with Crippen LogP contribution in [0.3, 0.4) is 0 Å². The first-order valence-electron chi connectivity index (χ1n) is 6.88. The Kier molecular flexibility index (Phi) is 9.14. The highest BCUT2D eigenvalue weighted by Gasteiger charge is 2.27. The average Bonchev–Trinajstić information content (AvgIpc) is 2.26. The van der Waals surface area contributed by atoms with Crippen LogP contribution in [0.1, 0.15) is 72.1 Å². The van der Waals surface area contributed by atoms with E-state index in [-0.39, 0.29) is 0 Å². The van der Waals surface area contributed by atoms with E-state index in [1.54, 1.807) is 13.8 Å². The van der Waals surface area contributed by atoms with E-state index in [4.69, 9.17) is 9.84 Å². The van der Waals surface area contributed by atoms with Gasteiger partial charge in [-0.15, -0.1) is 0 Å². The monoisotopic (exact) mass is 244 g/mol. The van der Waals surface area contributed by atoms with Gasteiger partial charge in [0.25, 0.3) is 0 Å². The van der Waals surface area contributed by atoms with Gasteiger partial charge in [0.15, 0.2) is 5.60 Å². The molecule has 0 aliphatic heterocycles. The molecule has 3 heteroatoms. The van der Waals surface area contributed by atoms with E-state index in [0.29, 0.717) is 6.61 Å². The van der Waals surface area contributed by atoms with Gasteiger partial charge in [-0.05, 0) is 20.3 Å². The molecule has 0 spiro atoms. The van der Waals surface area contributed by atoms with Crippen LogP contribution in [0, 0.1) is 0 Å². The Balaban J connectivity index is 3.27. The second-order valence-corrected chi connectivity index (χ2v) is 5.14. The van der Waals surface area contributed by atoms with Crippen LogP contribution in [0.2, 0.25) is 0 Å². The van der Waals surface area contributed by atoms with Crippen molar-refractivity contribution in [2.24, 2.45) is 0 Å². The lowest BCUT2D eigenvalue weighted by Crippen LogP contribution is -2.35. The molecule has 0 bridgehead atoms. The summed E-state index contributed by atoms with van der Waals surface area (Å²) in [6, 6.07) is 0. The van der Waals surface area contributed by atoms with Gasteiger partial charge in [0.05, 0.1) is 0 Å². The zero-order chi connectivity index (χ0) is 13.1. The van der Waals surface area contributed by atoms with E-state index >= 15 is 0 Å². The van der Waals surface area contributed by atoms with Crippen LogP contribution in [-0.2, 0) is 9.53 Å². The van der Waals surface area contributed by atoms with Gasteiger partial charge in [-0.2, -0.15) is 0 Å². The van der Waals surface area contributed by atoms with Gasteiger partial charge in [0, 0.05) is 6.61 Å². The van der Waals surface area contributed by atoms with Crippen LogP contribution in [0.4, 0.5) is 0 Å². The van der Waals surface area contributed by atoms with Crippen molar-refractivity contribution in [3.05, 3.63) is 0 Å². The molecular formula is C14H28O3. The molecule has 102 valence electrons. The Morgan fingerprint density at radius 3 is 1.94 bits per heavy atom. The number of carbonyl (C=O) groups is 1. The van der Waals surface area contributed by atoms with Crippen molar-refractivity contribution < 1.29 is 14.6 Å². The predicted octanol–water partition coefficient (Wildman–Crippen LogP) is 4.01. The largest absolute Gasteiger partial charge is 0.479 e. The first-order chi connectivity index (χ1) is 8.00. The standard InChI is InChI=1S/C14H28O3/c1-4-5-6-7-8-9-10-11-12-17-14(2,3)13(15)16/h4-12H2,1-3H3,(H,15,16). The Morgan fingerprint density at radius 1 is 1.00 bits per heavy atom. The Bertz CT molecular complexity index is 200. The molecule has 17 heavy (non-hydrogen) atoms. The van der Waals surface area contributed by atoms with Gasteiger partial charge >= 0.3 is 5.97 Å². The minimum Gasteiger partial charge on any atom is -0.479 e. The summed E-state index contributed by atoms with van der Waals surface area (Å²) < 4.78 is 5.34. The van der Waals surface area contributed by atoms with Gasteiger partial charge in [0.1, 0.15) is 0 Å². The van der Waals surface area contributed by atoms with E-state index in [1.807, 2.05) is 0 Å². The molecule has 0 saturated heterocycles. The molecule has 0 fully saturated rings.